The van der Waals surface area contributed by atoms with Crippen molar-refractivity contribution in [3.05, 3.63) is 35.9 Å². The Labute approximate surface area is 77.5 Å². The quantitative estimate of drug-likeness (QED) is 0.496. The standard InChI is InChI=1S/C10H9NS/c1-3-9-5-4-6-10(8(9)2)11-7-12/h3-6H,1H2,2H3. The smallest absolute Gasteiger partial charge is 0.0774 e. The predicted octanol–water partition coefficient (Wildman–Crippen LogP) is 3.37. The molecule has 1 rings (SSSR count). The Hall–Kier alpha value is -1.24. The average molecular weight is 175 g/mol. The molecule has 0 aliphatic heterocycles. The predicted molar refractivity (Wildman–Crippen MR) is 56.0 cm³/mol. The minimum atomic E-state index is 0.863. The second kappa shape index (κ2) is 3.96. The molecule has 0 aromatic heterocycles. The summed E-state index contributed by atoms with van der Waals surface area (Å²) in [6, 6.07) is 5.82. The zero-order valence-corrected chi connectivity index (χ0v) is 7.69. The summed E-state index contributed by atoms with van der Waals surface area (Å²) in [5.74, 6) is 0. The highest BCUT2D eigenvalue weighted by Crippen LogP contribution is 2.21. The Bertz CT molecular complexity index is 349. The van der Waals surface area contributed by atoms with Gasteiger partial charge in [-0.2, -0.15) is 4.99 Å². The van der Waals surface area contributed by atoms with E-state index in [4.69, 9.17) is 0 Å². The van der Waals surface area contributed by atoms with Gasteiger partial charge >= 0.3 is 0 Å². The second-order valence-corrected chi connectivity index (χ2v) is 2.58. The number of hydrogen-bond donors (Lipinski definition) is 0. The molecule has 2 heteroatoms. The maximum absolute atomic E-state index is 4.53. The average Bonchev–Trinajstić information content (AvgIpc) is 2.09. The third-order valence-electron chi connectivity index (χ3n) is 1.73. The first-order valence-corrected chi connectivity index (χ1v) is 4.00. The van der Waals surface area contributed by atoms with E-state index in [0.29, 0.717) is 0 Å². The maximum Gasteiger partial charge on any atom is 0.0774 e. The largest absolute Gasteiger partial charge is 0.194 e. The summed E-state index contributed by atoms with van der Waals surface area (Å²) in [5.41, 5.74) is 3.04. The molecule has 0 fully saturated rings. The molecule has 1 aromatic carbocycles. The zero-order valence-electron chi connectivity index (χ0n) is 6.87. The normalized spacial score (nSPS) is 8.75. The third kappa shape index (κ3) is 1.67. The SMILES string of the molecule is C=Cc1cccc(N=C=S)c1C. The lowest BCUT2D eigenvalue weighted by molar-refractivity contribution is 1.39. The van der Waals surface area contributed by atoms with Crippen LogP contribution in [-0.4, -0.2) is 5.16 Å². The van der Waals surface area contributed by atoms with Crippen LogP contribution in [0.25, 0.3) is 6.08 Å². The summed E-state index contributed by atoms with van der Waals surface area (Å²) in [5, 5.41) is 2.35. The summed E-state index contributed by atoms with van der Waals surface area (Å²) < 4.78 is 0. The van der Waals surface area contributed by atoms with Gasteiger partial charge in [0.1, 0.15) is 0 Å². The van der Waals surface area contributed by atoms with Crippen molar-refractivity contribution >= 4 is 29.1 Å². The van der Waals surface area contributed by atoms with Crippen LogP contribution in [0.4, 0.5) is 5.69 Å². The van der Waals surface area contributed by atoms with Gasteiger partial charge in [-0.25, -0.2) is 0 Å². The first kappa shape index (κ1) is 8.85. The van der Waals surface area contributed by atoms with Crippen LogP contribution in [-0.2, 0) is 0 Å². The number of nitrogens with zero attached hydrogens (tertiary/aromatic N) is 1. The number of thiocarbonyl (C=S) groups is 1. The van der Waals surface area contributed by atoms with Crippen LogP contribution in [0.1, 0.15) is 11.1 Å². The Morgan fingerprint density at radius 2 is 2.33 bits per heavy atom. The fourth-order valence-corrected chi connectivity index (χ4v) is 1.13. The molecule has 60 valence electrons. The summed E-state index contributed by atoms with van der Waals surface area (Å²) in [6.45, 7) is 5.69. The lowest BCUT2D eigenvalue weighted by Crippen LogP contribution is -1.79. The summed E-state index contributed by atoms with van der Waals surface area (Å²) in [7, 11) is 0. The van der Waals surface area contributed by atoms with E-state index < -0.39 is 0 Å². The van der Waals surface area contributed by atoms with E-state index >= 15 is 0 Å². The van der Waals surface area contributed by atoms with Crippen molar-refractivity contribution in [1.82, 2.24) is 0 Å². The van der Waals surface area contributed by atoms with Crippen LogP contribution in [0.15, 0.2) is 29.8 Å². The van der Waals surface area contributed by atoms with Gasteiger partial charge < -0.3 is 0 Å². The van der Waals surface area contributed by atoms with E-state index in [1.807, 2.05) is 25.1 Å². The molecule has 0 aliphatic rings. The van der Waals surface area contributed by atoms with E-state index in [0.717, 1.165) is 16.8 Å². The highest BCUT2D eigenvalue weighted by atomic mass is 32.1. The lowest BCUT2D eigenvalue weighted by Gasteiger charge is -2.01. The fourth-order valence-electron chi connectivity index (χ4n) is 1.03. The van der Waals surface area contributed by atoms with Crippen molar-refractivity contribution < 1.29 is 0 Å². The molecule has 0 radical (unpaired) electrons. The van der Waals surface area contributed by atoms with E-state index in [2.05, 4.69) is 29.0 Å². The molecule has 0 aliphatic carbocycles. The summed E-state index contributed by atoms with van der Waals surface area (Å²) in [4.78, 5) is 3.93. The van der Waals surface area contributed by atoms with Crippen molar-refractivity contribution in [2.24, 2.45) is 4.99 Å². The van der Waals surface area contributed by atoms with Crippen LogP contribution in [0, 0.1) is 6.92 Å². The van der Waals surface area contributed by atoms with Crippen molar-refractivity contribution in [3.8, 4) is 0 Å². The minimum absolute atomic E-state index is 0.863. The topological polar surface area (TPSA) is 12.4 Å². The lowest BCUT2D eigenvalue weighted by atomic mass is 10.1. The first-order chi connectivity index (χ1) is 5.79. The van der Waals surface area contributed by atoms with Gasteiger partial charge in [0.25, 0.3) is 0 Å². The molecule has 12 heavy (non-hydrogen) atoms. The molecule has 0 saturated carbocycles. The molecule has 0 bridgehead atoms. The molecule has 0 amide bonds. The highest BCUT2D eigenvalue weighted by Gasteiger charge is 1.97. The molecule has 1 aromatic rings. The van der Waals surface area contributed by atoms with Gasteiger partial charge in [-0.3, -0.25) is 0 Å². The van der Waals surface area contributed by atoms with Crippen LogP contribution in [0.2, 0.25) is 0 Å². The summed E-state index contributed by atoms with van der Waals surface area (Å²) in [6.07, 6.45) is 1.80. The van der Waals surface area contributed by atoms with E-state index in [1.165, 1.54) is 0 Å². The van der Waals surface area contributed by atoms with Gasteiger partial charge in [-0.05, 0) is 36.3 Å². The van der Waals surface area contributed by atoms with Crippen LogP contribution < -0.4 is 0 Å². The van der Waals surface area contributed by atoms with Crippen LogP contribution in [0.5, 0.6) is 0 Å². The van der Waals surface area contributed by atoms with Gasteiger partial charge in [0, 0.05) is 0 Å². The van der Waals surface area contributed by atoms with Crippen molar-refractivity contribution in [2.75, 3.05) is 0 Å². The molecular weight excluding hydrogens is 166 g/mol. The molecule has 1 nitrogen and oxygen atoms in total. The van der Waals surface area contributed by atoms with Gasteiger partial charge in [0.2, 0.25) is 0 Å². The number of isothiocyanates is 1. The molecule has 0 N–H and O–H groups in total. The highest BCUT2D eigenvalue weighted by molar-refractivity contribution is 7.78. The van der Waals surface area contributed by atoms with E-state index in [9.17, 15) is 0 Å². The van der Waals surface area contributed by atoms with Crippen molar-refractivity contribution in [1.29, 1.82) is 0 Å². The monoisotopic (exact) mass is 175 g/mol. The molecule has 0 saturated heterocycles. The van der Waals surface area contributed by atoms with Crippen molar-refractivity contribution in [3.63, 3.8) is 0 Å². The number of benzene rings is 1. The van der Waals surface area contributed by atoms with Gasteiger partial charge in [-0.15, -0.1) is 0 Å². The molecule has 0 atom stereocenters. The van der Waals surface area contributed by atoms with E-state index in [1.54, 1.807) is 6.08 Å². The Morgan fingerprint density at radius 1 is 1.58 bits per heavy atom. The Kier molecular flexibility index (Phi) is 2.92. The number of aliphatic imine (C=N–C) groups is 1. The third-order valence-corrected chi connectivity index (χ3v) is 1.82. The van der Waals surface area contributed by atoms with Gasteiger partial charge in [0.15, 0.2) is 0 Å². The van der Waals surface area contributed by atoms with Crippen molar-refractivity contribution in [2.45, 2.75) is 6.92 Å². The Morgan fingerprint density at radius 3 is 2.92 bits per heavy atom. The second-order valence-electron chi connectivity index (χ2n) is 2.40. The summed E-state index contributed by atoms with van der Waals surface area (Å²) >= 11 is 4.53. The zero-order chi connectivity index (χ0) is 8.97. The van der Waals surface area contributed by atoms with Gasteiger partial charge in [0.05, 0.1) is 10.8 Å². The first-order valence-electron chi connectivity index (χ1n) is 3.59. The fraction of sp³-hybridized carbons (Fsp3) is 0.100. The maximum atomic E-state index is 4.53. The minimum Gasteiger partial charge on any atom is -0.194 e. The number of rotatable bonds is 2. The van der Waals surface area contributed by atoms with Crippen LogP contribution in [0.3, 0.4) is 0 Å². The molecule has 0 unspecified atom stereocenters. The molecule has 0 heterocycles. The van der Waals surface area contributed by atoms with Gasteiger partial charge in [-0.1, -0.05) is 24.8 Å². The van der Waals surface area contributed by atoms with E-state index in [-0.39, 0.29) is 0 Å². The molecular formula is C10H9NS. The Balaban J connectivity index is 3.31. The molecule has 0 spiro atoms. The van der Waals surface area contributed by atoms with Crippen LogP contribution >= 0.6 is 12.2 Å². The number of hydrogen-bond acceptors (Lipinski definition) is 2.